The van der Waals surface area contributed by atoms with Gasteiger partial charge in [0.05, 0.1) is 6.54 Å². The van der Waals surface area contributed by atoms with Crippen LogP contribution in [-0.2, 0) is 6.54 Å². The summed E-state index contributed by atoms with van der Waals surface area (Å²) in [6.45, 7) is 9.91. The van der Waals surface area contributed by atoms with Crippen LogP contribution < -0.4 is 10.7 Å². The number of hydrogen-bond donors (Lipinski definition) is 2. The molecule has 0 atom stereocenters. The summed E-state index contributed by atoms with van der Waals surface area (Å²) in [6, 6.07) is 12.4. The van der Waals surface area contributed by atoms with E-state index in [1.807, 2.05) is 25.2 Å². The molecule has 0 heterocycles. The molecule has 0 amide bonds. The van der Waals surface area contributed by atoms with Gasteiger partial charge in [0.15, 0.2) is 0 Å². The van der Waals surface area contributed by atoms with Crippen molar-refractivity contribution in [3.63, 3.8) is 0 Å². The second-order valence-electron chi connectivity index (χ2n) is 5.27. The van der Waals surface area contributed by atoms with Crippen LogP contribution in [0.4, 0.5) is 10.1 Å². The number of anilines is 1. The molecule has 0 aliphatic heterocycles. The SMILES string of the molecule is C=N/C(C)=N\NCc1ccc(NC)c(C(=C)c2ccc(F)cc2)c1. The van der Waals surface area contributed by atoms with Gasteiger partial charge >= 0.3 is 0 Å². The summed E-state index contributed by atoms with van der Waals surface area (Å²) in [4.78, 5) is 3.72. The predicted octanol–water partition coefficient (Wildman–Crippen LogP) is 4.05. The number of hydrogen-bond acceptors (Lipinski definition) is 3. The summed E-state index contributed by atoms with van der Waals surface area (Å²) < 4.78 is 13.1. The first-order chi connectivity index (χ1) is 11.5. The van der Waals surface area contributed by atoms with Crippen LogP contribution in [0.2, 0.25) is 0 Å². The van der Waals surface area contributed by atoms with Crippen LogP contribution in [0, 0.1) is 5.82 Å². The highest BCUT2D eigenvalue weighted by Crippen LogP contribution is 2.29. The molecular weight excluding hydrogens is 303 g/mol. The van der Waals surface area contributed by atoms with Crippen LogP contribution in [0.3, 0.4) is 0 Å². The van der Waals surface area contributed by atoms with Gasteiger partial charge in [-0.1, -0.05) is 24.8 Å². The lowest BCUT2D eigenvalue weighted by molar-refractivity contribution is 0.627. The summed E-state index contributed by atoms with van der Waals surface area (Å²) in [6.07, 6.45) is 0. The summed E-state index contributed by atoms with van der Waals surface area (Å²) >= 11 is 0. The minimum Gasteiger partial charge on any atom is -0.388 e. The molecule has 2 N–H and O–H groups in total. The topological polar surface area (TPSA) is 48.8 Å². The molecule has 0 aromatic heterocycles. The van der Waals surface area contributed by atoms with Gasteiger partial charge in [-0.2, -0.15) is 5.10 Å². The Morgan fingerprint density at radius 2 is 1.88 bits per heavy atom. The van der Waals surface area contributed by atoms with Crippen LogP contribution in [0.5, 0.6) is 0 Å². The Bertz CT molecular complexity index is 763. The Balaban J connectivity index is 2.27. The average Bonchev–Trinajstić information content (AvgIpc) is 2.61. The third kappa shape index (κ3) is 4.29. The highest BCUT2D eigenvalue weighted by molar-refractivity contribution is 5.85. The molecule has 0 radical (unpaired) electrons. The Morgan fingerprint density at radius 3 is 2.50 bits per heavy atom. The molecule has 5 heteroatoms. The molecular formula is C19H21FN4. The molecule has 124 valence electrons. The zero-order valence-corrected chi connectivity index (χ0v) is 13.9. The molecule has 0 aliphatic carbocycles. The third-order valence-corrected chi connectivity index (χ3v) is 3.62. The number of rotatable bonds is 6. The van der Waals surface area contributed by atoms with E-state index in [0.29, 0.717) is 12.4 Å². The molecule has 0 bridgehead atoms. The number of amidine groups is 1. The highest BCUT2D eigenvalue weighted by Gasteiger charge is 2.09. The van der Waals surface area contributed by atoms with Crippen molar-refractivity contribution in [3.05, 3.63) is 71.6 Å². The van der Waals surface area contributed by atoms with Gasteiger partial charge in [0.1, 0.15) is 11.7 Å². The number of nitrogens with zero attached hydrogens (tertiary/aromatic N) is 2. The van der Waals surface area contributed by atoms with Gasteiger partial charge in [0.2, 0.25) is 0 Å². The molecule has 2 aromatic carbocycles. The Labute approximate surface area is 141 Å². The summed E-state index contributed by atoms with van der Waals surface area (Å²) in [5.41, 5.74) is 7.63. The highest BCUT2D eigenvalue weighted by atomic mass is 19.1. The van der Waals surface area contributed by atoms with Gasteiger partial charge in [-0.05, 0) is 54.6 Å². The Hall–Kier alpha value is -2.95. The molecule has 0 saturated carbocycles. The van der Waals surface area contributed by atoms with Crippen molar-refractivity contribution in [1.82, 2.24) is 5.43 Å². The molecule has 0 spiro atoms. The molecule has 0 unspecified atom stereocenters. The van der Waals surface area contributed by atoms with Gasteiger partial charge in [-0.25, -0.2) is 9.38 Å². The predicted molar refractivity (Wildman–Crippen MR) is 100 cm³/mol. The summed E-state index contributed by atoms with van der Waals surface area (Å²) in [5, 5.41) is 7.24. The van der Waals surface area contributed by atoms with E-state index < -0.39 is 0 Å². The van der Waals surface area contributed by atoms with E-state index in [9.17, 15) is 4.39 Å². The number of benzene rings is 2. The average molecular weight is 324 g/mol. The van der Waals surface area contributed by atoms with Crippen molar-refractivity contribution in [2.75, 3.05) is 12.4 Å². The van der Waals surface area contributed by atoms with Crippen molar-refractivity contribution in [2.24, 2.45) is 10.1 Å². The maximum absolute atomic E-state index is 13.1. The molecule has 2 rings (SSSR count). The zero-order valence-electron chi connectivity index (χ0n) is 13.9. The molecule has 4 nitrogen and oxygen atoms in total. The second-order valence-corrected chi connectivity index (χ2v) is 5.27. The lowest BCUT2D eigenvalue weighted by atomic mass is 9.96. The Morgan fingerprint density at radius 1 is 1.17 bits per heavy atom. The monoisotopic (exact) mass is 324 g/mol. The van der Waals surface area contributed by atoms with Crippen molar-refractivity contribution in [2.45, 2.75) is 13.5 Å². The first-order valence-corrected chi connectivity index (χ1v) is 7.55. The molecule has 2 aromatic rings. The maximum Gasteiger partial charge on any atom is 0.144 e. The normalized spacial score (nSPS) is 11.0. The number of aliphatic imine (C=N–C) groups is 1. The fourth-order valence-corrected chi connectivity index (χ4v) is 2.26. The quantitative estimate of drug-likeness (QED) is 0.478. The van der Waals surface area contributed by atoms with Gasteiger partial charge in [0.25, 0.3) is 0 Å². The van der Waals surface area contributed by atoms with Crippen LogP contribution in [0.15, 0.2) is 59.1 Å². The smallest absolute Gasteiger partial charge is 0.144 e. The van der Waals surface area contributed by atoms with E-state index in [-0.39, 0.29) is 5.82 Å². The lowest BCUT2D eigenvalue weighted by Crippen LogP contribution is -2.08. The summed E-state index contributed by atoms with van der Waals surface area (Å²) in [7, 11) is 1.86. The molecule has 0 fully saturated rings. The van der Waals surface area contributed by atoms with E-state index in [1.165, 1.54) is 12.1 Å². The first-order valence-electron chi connectivity index (χ1n) is 7.55. The van der Waals surface area contributed by atoms with Crippen molar-refractivity contribution < 1.29 is 4.39 Å². The van der Waals surface area contributed by atoms with Crippen molar-refractivity contribution in [3.8, 4) is 0 Å². The zero-order chi connectivity index (χ0) is 17.5. The van der Waals surface area contributed by atoms with Gasteiger partial charge in [-0.3, -0.25) is 0 Å². The minimum absolute atomic E-state index is 0.262. The number of hydrazone groups is 1. The van der Waals surface area contributed by atoms with Crippen LogP contribution in [0.25, 0.3) is 5.57 Å². The van der Waals surface area contributed by atoms with Crippen molar-refractivity contribution in [1.29, 1.82) is 0 Å². The van der Waals surface area contributed by atoms with E-state index in [1.54, 1.807) is 19.1 Å². The van der Waals surface area contributed by atoms with Crippen molar-refractivity contribution >= 4 is 23.8 Å². The lowest BCUT2D eigenvalue weighted by Gasteiger charge is -2.14. The fourth-order valence-electron chi connectivity index (χ4n) is 2.26. The standard InChI is InChI=1S/C19H21FN4/c1-13(16-6-8-17(20)9-7-16)18-11-15(5-10-19(18)22-4)12-23-24-14(2)21-3/h5-11,22-23H,1,3,12H2,2,4H3/b24-14-. The van der Waals surface area contributed by atoms with E-state index in [2.05, 4.69) is 34.1 Å². The second kappa shape index (κ2) is 8.06. The van der Waals surface area contributed by atoms with E-state index in [4.69, 9.17) is 0 Å². The van der Waals surface area contributed by atoms with Crippen LogP contribution >= 0.6 is 0 Å². The molecule has 24 heavy (non-hydrogen) atoms. The van der Waals surface area contributed by atoms with Crippen LogP contribution in [0.1, 0.15) is 23.6 Å². The number of nitrogens with one attached hydrogen (secondary N) is 2. The van der Waals surface area contributed by atoms with Crippen LogP contribution in [-0.4, -0.2) is 19.6 Å². The maximum atomic E-state index is 13.1. The molecule has 0 saturated heterocycles. The van der Waals surface area contributed by atoms with E-state index in [0.717, 1.165) is 28.0 Å². The van der Waals surface area contributed by atoms with Gasteiger partial charge in [-0.15, -0.1) is 0 Å². The van der Waals surface area contributed by atoms with E-state index >= 15 is 0 Å². The Kier molecular flexibility index (Phi) is 5.84. The first kappa shape index (κ1) is 17.4. The van der Waals surface area contributed by atoms with Gasteiger partial charge < -0.3 is 10.7 Å². The molecule has 0 aliphatic rings. The van der Waals surface area contributed by atoms with Gasteiger partial charge in [0, 0.05) is 18.3 Å². The minimum atomic E-state index is -0.262. The fraction of sp³-hybridized carbons (Fsp3) is 0.158. The third-order valence-electron chi connectivity index (χ3n) is 3.62. The largest absolute Gasteiger partial charge is 0.388 e. The summed E-state index contributed by atoms with van der Waals surface area (Å²) in [5.74, 6) is 0.320. The number of halogens is 1.